The topological polar surface area (TPSA) is 55.3 Å². The van der Waals surface area contributed by atoms with E-state index in [0.29, 0.717) is 33.6 Å². The monoisotopic (exact) mass is 559 g/mol. The number of alkyl halides is 3. The van der Waals surface area contributed by atoms with Crippen molar-refractivity contribution < 1.29 is 22.7 Å². The highest BCUT2D eigenvalue weighted by atomic mass is 32.1. The van der Waals surface area contributed by atoms with Crippen LogP contribution in [-0.4, -0.2) is 22.5 Å². The van der Waals surface area contributed by atoms with Crippen molar-refractivity contribution in [3.05, 3.63) is 120 Å². The Morgan fingerprint density at radius 2 is 1.57 bits per heavy atom. The molecule has 4 aromatic carbocycles. The lowest BCUT2D eigenvalue weighted by atomic mass is 10.1. The summed E-state index contributed by atoms with van der Waals surface area (Å²) in [6, 6.07) is 29.2. The van der Waals surface area contributed by atoms with Crippen molar-refractivity contribution in [2.24, 2.45) is 0 Å². The van der Waals surface area contributed by atoms with E-state index in [1.807, 2.05) is 47.4 Å². The van der Waals surface area contributed by atoms with Gasteiger partial charge in [-0.15, -0.1) is 10.2 Å². The first-order valence-corrected chi connectivity index (χ1v) is 13.3. The van der Waals surface area contributed by atoms with Gasteiger partial charge in [-0.05, 0) is 61.4 Å². The Kier molecular flexibility index (Phi) is 7.93. The molecule has 0 aliphatic heterocycles. The zero-order valence-electron chi connectivity index (χ0n) is 21.4. The Morgan fingerprint density at radius 1 is 0.850 bits per heavy atom. The van der Waals surface area contributed by atoms with Crippen molar-refractivity contribution in [3.8, 4) is 22.1 Å². The average molecular weight is 560 g/mol. The summed E-state index contributed by atoms with van der Waals surface area (Å²) in [5, 5.41) is 10.1. The van der Waals surface area contributed by atoms with E-state index in [0.717, 1.165) is 24.2 Å². The maximum absolute atomic E-state index is 13.1. The minimum Gasteiger partial charge on any atom is -0.457 e. The highest BCUT2D eigenvalue weighted by Crippen LogP contribution is 2.36. The Labute approximate surface area is 233 Å². The second-order valence-electron chi connectivity index (χ2n) is 9.04. The Balaban J connectivity index is 1.42. The second kappa shape index (κ2) is 11.7. The van der Waals surface area contributed by atoms with Gasteiger partial charge in [0.2, 0.25) is 5.13 Å². The molecule has 0 amide bonds. The van der Waals surface area contributed by atoms with E-state index in [9.17, 15) is 18.0 Å². The van der Waals surface area contributed by atoms with Crippen molar-refractivity contribution in [3.63, 3.8) is 0 Å². The van der Waals surface area contributed by atoms with Crippen LogP contribution in [0, 0.1) is 0 Å². The molecule has 0 fully saturated rings. The molecule has 5 nitrogen and oxygen atoms in total. The fourth-order valence-corrected chi connectivity index (χ4v) is 5.01. The van der Waals surface area contributed by atoms with E-state index in [4.69, 9.17) is 4.74 Å². The molecule has 0 bridgehead atoms. The molecule has 0 spiro atoms. The largest absolute Gasteiger partial charge is 0.457 e. The van der Waals surface area contributed by atoms with Crippen molar-refractivity contribution in [2.45, 2.75) is 19.5 Å². The van der Waals surface area contributed by atoms with Gasteiger partial charge in [0.25, 0.3) is 0 Å². The van der Waals surface area contributed by atoms with Gasteiger partial charge in [0.1, 0.15) is 16.5 Å². The Morgan fingerprint density at radius 3 is 2.33 bits per heavy atom. The quantitative estimate of drug-likeness (QED) is 0.169. The van der Waals surface area contributed by atoms with Crippen LogP contribution in [0.3, 0.4) is 0 Å². The zero-order valence-corrected chi connectivity index (χ0v) is 22.2. The van der Waals surface area contributed by atoms with Crippen LogP contribution in [0.5, 0.6) is 11.5 Å². The van der Waals surface area contributed by atoms with Crippen molar-refractivity contribution in [2.75, 3.05) is 11.4 Å². The van der Waals surface area contributed by atoms with Crippen molar-refractivity contribution in [1.29, 1.82) is 0 Å². The van der Waals surface area contributed by atoms with Crippen LogP contribution >= 0.6 is 11.3 Å². The lowest BCUT2D eigenvalue weighted by Crippen LogP contribution is -2.20. The number of carbonyl (C=O) groups excluding carboxylic acids is 1. The van der Waals surface area contributed by atoms with Gasteiger partial charge in [-0.2, -0.15) is 13.2 Å². The molecule has 9 heteroatoms. The highest BCUT2D eigenvalue weighted by molar-refractivity contribution is 7.18. The van der Waals surface area contributed by atoms with Gasteiger partial charge in [0, 0.05) is 23.4 Å². The fourth-order valence-electron chi connectivity index (χ4n) is 4.12. The van der Waals surface area contributed by atoms with Gasteiger partial charge in [-0.3, -0.25) is 4.79 Å². The standard InChI is InChI=1S/C31H24F3N3O2S/c1-21(38)23-10-5-13-26(18-23)37(17-16-22-8-3-2-4-9-22)30-36-35-29(40-30)24-11-6-14-27(19-24)39-28-15-7-12-25(20-28)31(32,33)34/h2-15,18-20H,16-17H2,1H3. The van der Waals surface area contributed by atoms with E-state index >= 15 is 0 Å². The predicted molar refractivity (Wildman–Crippen MR) is 150 cm³/mol. The van der Waals surface area contributed by atoms with E-state index in [-0.39, 0.29) is 11.5 Å². The molecule has 0 unspecified atom stereocenters. The number of nitrogens with zero attached hydrogens (tertiary/aromatic N) is 3. The number of hydrogen-bond donors (Lipinski definition) is 0. The summed E-state index contributed by atoms with van der Waals surface area (Å²) in [4.78, 5) is 14.1. The van der Waals surface area contributed by atoms with E-state index < -0.39 is 11.7 Å². The molecule has 1 heterocycles. The second-order valence-corrected chi connectivity index (χ2v) is 9.99. The first-order valence-electron chi connectivity index (χ1n) is 12.5. The molecule has 0 aliphatic carbocycles. The molecule has 0 saturated carbocycles. The van der Waals surface area contributed by atoms with Gasteiger partial charge in [-0.1, -0.05) is 72.0 Å². The van der Waals surface area contributed by atoms with Crippen LogP contribution in [-0.2, 0) is 12.6 Å². The minimum atomic E-state index is -4.46. The van der Waals surface area contributed by atoms with Crippen LogP contribution in [0.1, 0.15) is 28.4 Å². The molecule has 5 rings (SSSR count). The van der Waals surface area contributed by atoms with Crippen LogP contribution in [0.2, 0.25) is 0 Å². The molecule has 0 saturated heterocycles. The van der Waals surface area contributed by atoms with E-state index in [1.54, 1.807) is 24.3 Å². The summed E-state index contributed by atoms with van der Waals surface area (Å²) in [5.74, 6) is 0.437. The third kappa shape index (κ3) is 6.55. The molecule has 202 valence electrons. The number of benzene rings is 4. The van der Waals surface area contributed by atoms with Crippen molar-refractivity contribution >= 4 is 27.9 Å². The summed E-state index contributed by atoms with van der Waals surface area (Å²) in [7, 11) is 0. The molecule has 5 aromatic rings. The Hall–Kier alpha value is -4.50. The normalized spacial score (nSPS) is 11.3. The van der Waals surface area contributed by atoms with Crippen molar-refractivity contribution in [1.82, 2.24) is 10.2 Å². The summed E-state index contributed by atoms with van der Waals surface area (Å²) in [5.41, 5.74) is 2.53. The van der Waals surface area contributed by atoms with Gasteiger partial charge in [0.05, 0.1) is 5.56 Å². The maximum Gasteiger partial charge on any atom is 0.416 e. The molecule has 0 radical (unpaired) electrons. The third-order valence-corrected chi connectivity index (χ3v) is 7.15. The minimum absolute atomic E-state index is 0.0274. The molecule has 0 aliphatic rings. The van der Waals surface area contributed by atoms with E-state index in [2.05, 4.69) is 22.3 Å². The van der Waals surface area contributed by atoms with Crippen LogP contribution in [0.25, 0.3) is 10.6 Å². The average Bonchev–Trinajstić information content (AvgIpc) is 3.44. The third-order valence-electron chi connectivity index (χ3n) is 6.15. The number of carbonyl (C=O) groups is 1. The van der Waals surface area contributed by atoms with Crippen LogP contribution in [0.4, 0.5) is 24.0 Å². The predicted octanol–water partition coefficient (Wildman–Crippen LogP) is 8.60. The SMILES string of the molecule is CC(=O)c1cccc(N(CCc2ccccc2)c2nnc(-c3cccc(Oc4cccc(C(F)(F)F)c4)c3)s2)c1. The number of aromatic nitrogens is 2. The lowest BCUT2D eigenvalue weighted by Gasteiger charge is -2.22. The summed E-state index contributed by atoms with van der Waals surface area (Å²) in [6.07, 6.45) is -3.71. The molecular weight excluding hydrogens is 535 g/mol. The van der Waals surface area contributed by atoms with E-state index in [1.165, 1.54) is 36.0 Å². The van der Waals surface area contributed by atoms with Crippen LogP contribution < -0.4 is 9.64 Å². The maximum atomic E-state index is 13.1. The summed E-state index contributed by atoms with van der Waals surface area (Å²) in [6.45, 7) is 2.14. The molecular formula is C31H24F3N3O2S. The number of rotatable bonds is 9. The first-order chi connectivity index (χ1) is 19.3. The number of hydrogen-bond acceptors (Lipinski definition) is 6. The number of ketones is 1. The number of ether oxygens (including phenoxy) is 1. The zero-order chi connectivity index (χ0) is 28.1. The summed E-state index contributed by atoms with van der Waals surface area (Å²) >= 11 is 1.37. The highest BCUT2D eigenvalue weighted by Gasteiger charge is 2.30. The number of halogens is 3. The Bertz CT molecular complexity index is 1620. The fraction of sp³-hybridized carbons (Fsp3) is 0.129. The van der Waals surface area contributed by atoms with Gasteiger partial charge >= 0.3 is 6.18 Å². The molecule has 40 heavy (non-hydrogen) atoms. The molecule has 0 N–H and O–H groups in total. The molecule has 0 atom stereocenters. The lowest BCUT2D eigenvalue weighted by molar-refractivity contribution is -0.137. The van der Waals surface area contributed by atoms with Gasteiger partial charge in [-0.25, -0.2) is 0 Å². The van der Waals surface area contributed by atoms with Crippen LogP contribution in [0.15, 0.2) is 103 Å². The summed E-state index contributed by atoms with van der Waals surface area (Å²) < 4.78 is 45.1. The molecule has 1 aromatic heterocycles. The van der Waals surface area contributed by atoms with Gasteiger partial charge in [0.15, 0.2) is 5.78 Å². The number of Topliss-reactive ketones (excluding diaryl/α,β-unsaturated/α-hetero) is 1. The first kappa shape index (κ1) is 27.1. The number of anilines is 2. The smallest absolute Gasteiger partial charge is 0.416 e. The van der Waals surface area contributed by atoms with Gasteiger partial charge < -0.3 is 9.64 Å².